The first-order valence-corrected chi connectivity index (χ1v) is 13.1. The van der Waals surface area contributed by atoms with Gasteiger partial charge >= 0.3 is 0 Å². The summed E-state index contributed by atoms with van der Waals surface area (Å²) in [6.45, 7) is 0.0139. The molecule has 2 aromatic carbocycles. The topological polar surface area (TPSA) is 102 Å². The van der Waals surface area contributed by atoms with Gasteiger partial charge in [0.15, 0.2) is 21.5 Å². The largest absolute Gasteiger partial charge is 0.340 e. The van der Waals surface area contributed by atoms with Crippen molar-refractivity contribution in [3.63, 3.8) is 0 Å². The van der Waals surface area contributed by atoms with Crippen molar-refractivity contribution in [3.8, 4) is 0 Å². The standard InChI is InChI=1S/C24H24F3N5O3S/c25-17-6-8-30(12-20(17)28)24-29-21-10-18(26)19(27)11-22(21)31(24)13-23(33)32(15-4-2-1-3-5-15)16-7-9-36(34,35)14-16/h1-5,7,9-11,16-17,20H,6,8,12-14,28H2/t16?,17-,20-/m1/s1. The predicted octanol–water partition coefficient (Wildman–Crippen LogP) is 2.53. The second-order valence-electron chi connectivity index (χ2n) is 8.99. The Morgan fingerprint density at radius 1 is 1.17 bits per heavy atom. The van der Waals surface area contributed by atoms with Crippen molar-refractivity contribution in [2.24, 2.45) is 5.73 Å². The number of piperidine rings is 1. The van der Waals surface area contributed by atoms with Crippen LogP contribution in [0.4, 0.5) is 24.8 Å². The highest BCUT2D eigenvalue weighted by Crippen LogP contribution is 2.29. The van der Waals surface area contributed by atoms with Gasteiger partial charge in [-0.2, -0.15) is 0 Å². The number of para-hydroxylation sites is 1. The number of carbonyl (C=O) groups excluding carboxylic acids is 1. The van der Waals surface area contributed by atoms with Gasteiger partial charge in [-0.25, -0.2) is 26.6 Å². The molecule has 190 valence electrons. The predicted molar refractivity (Wildman–Crippen MR) is 130 cm³/mol. The average Bonchev–Trinajstić information content (AvgIpc) is 3.36. The second-order valence-corrected chi connectivity index (χ2v) is 10.9. The maximum Gasteiger partial charge on any atom is 0.247 e. The number of sulfone groups is 1. The SMILES string of the molecule is N[C@@H]1CN(c2nc3cc(F)c(F)cc3n2CC(=O)N(c2ccccc2)C2C=CS(=O)(=O)C2)CC[C@H]1F. The maximum absolute atomic E-state index is 14.2. The van der Waals surface area contributed by atoms with Crippen LogP contribution in [0.5, 0.6) is 0 Å². The van der Waals surface area contributed by atoms with Gasteiger partial charge in [0.05, 0.1) is 28.9 Å². The van der Waals surface area contributed by atoms with Gasteiger partial charge < -0.3 is 20.1 Å². The Morgan fingerprint density at radius 3 is 2.56 bits per heavy atom. The minimum atomic E-state index is -3.47. The normalized spacial score (nSPS) is 23.3. The summed E-state index contributed by atoms with van der Waals surface area (Å²) >= 11 is 0. The van der Waals surface area contributed by atoms with E-state index in [4.69, 9.17) is 5.73 Å². The number of rotatable bonds is 5. The lowest BCUT2D eigenvalue weighted by atomic mass is 10.1. The van der Waals surface area contributed by atoms with Gasteiger partial charge in [-0.15, -0.1) is 0 Å². The summed E-state index contributed by atoms with van der Waals surface area (Å²) in [6, 6.07) is 8.96. The minimum Gasteiger partial charge on any atom is -0.340 e. The van der Waals surface area contributed by atoms with Crippen molar-refractivity contribution >= 4 is 38.4 Å². The first-order valence-electron chi connectivity index (χ1n) is 11.4. The zero-order chi connectivity index (χ0) is 25.6. The molecule has 8 nitrogen and oxygen atoms in total. The molecule has 3 aromatic rings. The number of carbonyl (C=O) groups is 1. The third kappa shape index (κ3) is 4.58. The fourth-order valence-electron chi connectivity index (χ4n) is 4.68. The van der Waals surface area contributed by atoms with E-state index in [1.54, 1.807) is 35.2 Å². The highest BCUT2D eigenvalue weighted by atomic mass is 32.2. The quantitative estimate of drug-likeness (QED) is 0.556. The first kappa shape index (κ1) is 24.3. The number of anilines is 2. The van der Waals surface area contributed by atoms with Crippen LogP contribution in [0.15, 0.2) is 53.9 Å². The van der Waals surface area contributed by atoms with E-state index in [9.17, 15) is 26.4 Å². The Hall–Kier alpha value is -3.38. The number of imidazole rings is 1. The van der Waals surface area contributed by atoms with Crippen LogP contribution >= 0.6 is 0 Å². The zero-order valence-corrected chi connectivity index (χ0v) is 19.9. The van der Waals surface area contributed by atoms with E-state index in [0.29, 0.717) is 5.69 Å². The molecule has 3 atom stereocenters. The van der Waals surface area contributed by atoms with E-state index in [1.165, 1.54) is 15.5 Å². The molecule has 0 saturated carbocycles. The van der Waals surface area contributed by atoms with Crippen LogP contribution in [0.1, 0.15) is 6.42 Å². The fourth-order valence-corrected chi connectivity index (χ4v) is 5.95. The summed E-state index contributed by atoms with van der Waals surface area (Å²) in [5.41, 5.74) is 6.71. The molecule has 36 heavy (non-hydrogen) atoms. The molecule has 1 aromatic heterocycles. The van der Waals surface area contributed by atoms with E-state index in [0.717, 1.165) is 17.5 Å². The molecule has 0 bridgehead atoms. The summed E-state index contributed by atoms with van der Waals surface area (Å²) in [4.78, 5) is 21.2. The number of nitrogens with zero attached hydrogens (tertiary/aromatic N) is 4. The van der Waals surface area contributed by atoms with Crippen molar-refractivity contribution in [3.05, 3.63) is 65.6 Å². The monoisotopic (exact) mass is 519 g/mol. The zero-order valence-electron chi connectivity index (χ0n) is 19.1. The smallest absolute Gasteiger partial charge is 0.247 e. The molecule has 2 N–H and O–H groups in total. The van der Waals surface area contributed by atoms with Gasteiger partial charge in [-0.1, -0.05) is 18.2 Å². The second kappa shape index (κ2) is 9.25. The molecular weight excluding hydrogens is 495 g/mol. The van der Waals surface area contributed by atoms with Gasteiger partial charge in [0.1, 0.15) is 12.7 Å². The summed E-state index contributed by atoms with van der Waals surface area (Å²) in [6.07, 6.45) is 0.398. The van der Waals surface area contributed by atoms with E-state index in [2.05, 4.69) is 4.98 Å². The van der Waals surface area contributed by atoms with Crippen molar-refractivity contribution in [1.82, 2.24) is 9.55 Å². The minimum absolute atomic E-state index is 0.107. The van der Waals surface area contributed by atoms with Gasteiger partial charge in [0.2, 0.25) is 11.9 Å². The Bertz CT molecular complexity index is 1440. The van der Waals surface area contributed by atoms with E-state index >= 15 is 0 Å². The summed E-state index contributed by atoms with van der Waals surface area (Å²) in [5.74, 6) is -2.72. The van der Waals surface area contributed by atoms with Gasteiger partial charge in [-0.05, 0) is 24.6 Å². The van der Waals surface area contributed by atoms with Crippen LogP contribution in [-0.4, -0.2) is 61.0 Å². The van der Waals surface area contributed by atoms with Crippen molar-refractivity contribution in [2.45, 2.75) is 31.2 Å². The van der Waals surface area contributed by atoms with E-state index in [-0.39, 0.29) is 48.8 Å². The molecule has 3 heterocycles. The first-order chi connectivity index (χ1) is 17.1. The van der Waals surface area contributed by atoms with Crippen LogP contribution in [-0.2, 0) is 21.2 Å². The lowest BCUT2D eigenvalue weighted by Gasteiger charge is -2.34. The summed E-state index contributed by atoms with van der Waals surface area (Å²) in [5, 5.41) is 1.08. The number of hydrogen-bond donors (Lipinski definition) is 1. The third-order valence-electron chi connectivity index (χ3n) is 6.46. The maximum atomic E-state index is 14.2. The van der Waals surface area contributed by atoms with Gasteiger partial charge in [0.25, 0.3) is 0 Å². The molecule has 1 saturated heterocycles. The van der Waals surface area contributed by atoms with E-state index < -0.39 is 45.6 Å². The number of amides is 1. The molecule has 0 spiro atoms. The molecule has 12 heteroatoms. The molecule has 2 aliphatic rings. The molecular formula is C24H24F3N5O3S. The van der Waals surface area contributed by atoms with Crippen molar-refractivity contribution in [1.29, 1.82) is 0 Å². The Labute approximate surface area is 205 Å². The molecule has 1 fully saturated rings. The van der Waals surface area contributed by atoms with Crippen LogP contribution in [0.25, 0.3) is 11.0 Å². The van der Waals surface area contributed by atoms with Gasteiger partial charge in [0, 0.05) is 36.3 Å². The number of benzene rings is 2. The number of nitrogens with two attached hydrogens (primary N) is 1. The molecule has 0 aliphatic carbocycles. The number of halogens is 3. The van der Waals surface area contributed by atoms with Crippen molar-refractivity contribution < 1.29 is 26.4 Å². The van der Waals surface area contributed by atoms with Gasteiger partial charge in [-0.3, -0.25) is 4.79 Å². The fraction of sp³-hybridized carbons (Fsp3) is 0.333. The Kier molecular flexibility index (Phi) is 6.25. The molecule has 1 amide bonds. The average molecular weight is 520 g/mol. The van der Waals surface area contributed by atoms with E-state index in [1.807, 2.05) is 0 Å². The molecule has 0 radical (unpaired) electrons. The van der Waals surface area contributed by atoms with Crippen LogP contribution < -0.4 is 15.5 Å². The molecule has 2 aliphatic heterocycles. The number of fused-ring (bicyclic) bond motifs is 1. The van der Waals surface area contributed by atoms with Crippen LogP contribution in [0.2, 0.25) is 0 Å². The highest BCUT2D eigenvalue weighted by molar-refractivity contribution is 7.94. The lowest BCUT2D eigenvalue weighted by molar-refractivity contribution is -0.119. The lowest BCUT2D eigenvalue weighted by Crippen LogP contribution is -2.50. The molecule has 5 rings (SSSR count). The number of alkyl halides is 1. The summed E-state index contributed by atoms with van der Waals surface area (Å²) in [7, 11) is -3.47. The Balaban J connectivity index is 1.56. The highest BCUT2D eigenvalue weighted by Gasteiger charge is 2.34. The third-order valence-corrected chi connectivity index (χ3v) is 7.84. The molecule has 1 unspecified atom stereocenters. The van der Waals surface area contributed by atoms with Crippen LogP contribution in [0.3, 0.4) is 0 Å². The number of hydrogen-bond acceptors (Lipinski definition) is 6. The van der Waals surface area contributed by atoms with Crippen molar-refractivity contribution in [2.75, 3.05) is 28.6 Å². The number of aromatic nitrogens is 2. The van der Waals surface area contributed by atoms with Crippen LogP contribution in [0, 0.1) is 11.6 Å². The Morgan fingerprint density at radius 2 is 1.89 bits per heavy atom. The summed E-state index contributed by atoms with van der Waals surface area (Å²) < 4.78 is 67.9.